The number of halogens is 2. The fourth-order valence-corrected chi connectivity index (χ4v) is 4.46. The SMILES string of the molecule is O=C(Nc1ccc(Cl)c(Cl)c1)[C@@H]1[C@H]2C[C@@H]3[C@@H]1C(=O)O[C@@H]3C2. The smallest absolute Gasteiger partial charge is 0.310 e. The lowest BCUT2D eigenvalue weighted by Gasteiger charge is -2.23. The van der Waals surface area contributed by atoms with Gasteiger partial charge >= 0.3 is 5.97 Å². The summed E-state index contributed by atoms with van der Waals surface area (Å²) >= 11 is 11.8. The summed E-state index contributed by atoms with van der Waals surface area (Å²) in [7, 11) is 0. The van der Waals surface area contributed by atoms with E-state index in [1.54, 1.807) is 18.2 Å². The summed E-state index contributed by atoms with van der Waals surface area (Å²) < 4.78 is 5.35. The van der Waals surface area contributed by atoms with Gasteiger partial charge in [-0.25, -0.2) is 0 Å². The van der Waals surface area contributed by atoms with E-state index >= 15 is 0 Å². The van der Waals surface area contributed by atoms with E-state index in [4.69, 9.17) is 27.9 Å². The van der Waals surface area contributed by atoms with Crippen molar-refractivity contribution in [3.05, 3.63) is 28.2 Å². The van der Waals surface area contributed by atoms with Gasteiger partial charge in [0.2, 0.25) is 5.91 Å². The van der Waals surface area contributed by atoms with Crippen molar-refractivity contribution in [2.45, 2.75) is 18.9 Å². The Bertz CT molecular complexity index is 646. The number of nitrogens with one attached hydrogen (secondary N) is 1. The van der Waals surface area contributed by atoms with Gasteiger partial charge in [0.1, 0.15) is 6.10 Å². The van der Waals surface area contributed by atoms with Crippen LogP contribution in [0.5, 0.6) is 0 Å². The number of rotatable bonds is 2. The van der Waals surface area contributed by atoms with Crippen LogP contribution in [0.25, 0.3) is 0 Å². The molecule has 0 aromatic heterocycles. The topological polar surface area (TPSA) is 55.4 Å². The Morgan fingerprint density at radius 2 is 2.05 bits per heavy atom. The van der Waals surface area contributed by atoms with Crippen molar-refractivity contribution in [1.29, 1.82) is 0 Å². The Labute approximate surface area is 131 Å². The van der Waals surface area contributed by atoms with Crippen molar-refractivity contribution in [1.82, 2.24) is 0 Å². The molecule has 2 bridgehead atoms. The second-order valence-electron chi connectivity index (χ2n) is 6.04. The second kappa shape index (κ2) is 4.62. The number of anilines is 1. The van der Waals surface area contributed by atoms with Crippen LogP contribution in [0.15, 0.2) is 18.2 Å². The number of esters is 1. The summed E-state index contributed by atoms with van der Waals surface area (Å²) in [6.45, 7) is 0. The first-order valence-electron chi connectivity index (χ1n) is 7.01. The van der Waals surface area contributed by atoms with Crippen molar-refractivity contribution in [3.63, 3.8) is 0 Å². The van der Waals surface area contributed by atoms with Crippen LogP contribution >= 0.6 is 23.2 Å². The first-order chi connectivity index (χ1) is 10.0. The average molecular weight is 326 g/mol. The second-order valence-corrected chi connectivity index (χ2v) is 6.85. The zero-order chi connectivity index (χ0) is 14.7. The van der Waals surface area contributed by atoms with E-state index in [-0.39, 0.29) is 41.7 Å². The summed E-state index contributed by atoms with van der Waals surface area (Å²) in [5, 5.41) is 3.68. The monoisotopic (exact) mass is 325 g/mol. The van der Waals surface area contributed by atoms with Gasteiger partial charge in [0.15, 0.2) is 0 Å². The average Bonchev–Trinajstić information content (AvgIpc) is 3.04. The predicted octanol–water partition coefficient (Wildman–Crippen LogP) is 3.13. The Balaban J connectivity index is 1.55. The number of carbonyl (C=O) groups excluding carboxylic acids is 2. The lowest BCUT2D eigenvalue weighted by molar-refractivity contribution is -0.145. The van der Waals surface area contributed by atoms with Crippen molar-refractivity contribution >= 4 is 40.8 Å². The molecule has 110 valence electrons. The third-order valence-corrected chi connectivity index (χ3v) is 5.71. The van der Waals surface area contributed by atoms with Crippen LogP contribution < -0.4 is 5.32 Å². The molecule has 4 nitrogen and oxygen atoms in total. The van der Waals surface area contributed by atoms with Crippen LogP contribution in [0.4, 0.5) is 5.69 Å². The molecule has 1 N–H and O–H groups in total. The summed E-state index contributed by atoms with van der Waals surface area (Å²) in [5.74, 6) is -0.402. The highest BCUT2D eigenvalue weighted by Crippen LogP contribution is 2.57. The first kappa shape index (κ1) is 13.4. The number of ether oxygens (including phenoxy) is 1. The normalized spacial score (nSPS) is 35.9. The molecule has 3 fully saturated rings. The molecular weight excluding hydrogens is 313 g/mol. The van der Waals surface area contributed by atoms with Crippen molar-refractivity contribution < 1.29 is 14.3 Å². The molecule has 4 rings (SSSR count). The Morgan fingerprint density at radius 3 is 2.81 bits per heavy atom. The molecule has 0 radical (unpaired) electrons. The summed E-state index contributed by atoms with van der Waals surface area (Å²) in [5.41, 5.74) is 0.597. The van der Waals surface area contributed by atoms with Gasteiger partial charge in [-0.05, 0) is 37.0 Å². The minimum atomic E-state index is -0.282. The van der Waals surface area contributed by atoms with Gasteiger partial charge in [-0.3, -0.25) is 9.59 Å². The molecule has 1 aromatic rings. The number of hydrogen-bond donors (Lipinski definition) is 1. The van der Waals surface area contributed by atoms with Gasteiger partial charge in [-0.1, -0.05) is 23.2 Å². The van der Waals surface area contributed by atoms with E-state index in [9.17, 15) is 9.59 Å². The highest BCUT2D eigenvalue weighted by molar-refractivity contribution is 6.42. The molecule has 1 saturated heterocycles. The fourth-order valence-electron chi connectivity index (χ4n) is 4.16. The van der Waals surface area contributed by atoms with Gasteiger partial charge in [0.05, 0.1) is 21.9 Å². The van der Waals surface area contributed by atoms with Crippen molar-refractivity contribution in [2.24, 2.45) is 23.7 Å². The van der Waals surface area contributed by atoms with Gasteiger partial charge in [0.25, 0.3) is 0 Å². The van der Waals surface area contributed by atoms with Crippen LogP contribution in [-0.2, 0) is 14.3 Å². The first-order valence-corrected chi connectivity index (χ1v) is 7.76. The summed E-state index contributed by atoms with van der Waals surface area (Å²) in [6.07, 6.45) is 1.77. The van der Waals surface area contributed by atoms with E-state index in [1.807, 2.05) is 0 Å². The van der Waals surface area contributed by atoms with E-state index in [0.29, 0.717) is 15.7 Å². The van der Waals surface area contributed by atoms with E-state index in [2.05, 4.69) is 5.32 Å². The number of benzene rings is 1. The lowest BCUT2D eigenvalue weighted by Crippen LogP contribution is -2.35. The quantitative estimate of drug-likeness (QED) is 0.850. The van der Waals surface area contributed by atoms with Crippen LogP contribution in [-0.4, -0.2) is 18.0 Å². The molecule has 2 saturated carbocycles. The Kier molecular flexibility index (Phi) is 2.95. The third kappa shape index (κ3) is 1.96. The molecule has 21 heavy (non-hydrogen) atoms. The molecule has 1 aliphatic heterocycles. The number of amides is 1. The number of hydrogen-bond acceptors (Lipinski definition) is 3. The molecule has 3 aliphatic rings. The fraction of sp³-hybridized carbons (Fsp3) is 0.467. The lowest BCUT2D eigenvalue weighted by atomic mass is 9.79. The highest BCUT2D eigenvalue weighted by Gasteiger charge is 2.63. The summed E-state index contributed by atoms with van der Waals surface area (Å²) in [4.78, 5) is 24.5. The van der Waals surface area contributed by atoms with Crippen molar-refractivity contribution in [2.75, 3.05) is 5.32 Å². The standard InChI is InChI=1S/C15H13Cl2NO3/c16-9-2-1-7(5-10(9)17)18-14(19)12-6-3-8-11(4-6)21-15(20)13(8)12/h1-2,5-6,8,11-13H,3-4H2,(H,18,19)/t6-,8-,11+,12+,13-/m0/s1. The zero-order valence-corrected chi connectivity index (χ0v) is 12.5. The zero-order valence-electron chi connectivity index (χ0n) is 11.0. The number of carbonyl (C=O) groups is 2. The maximum absolute atomic E-state index is 12.5. The molecule has 0 unspecified atom stereocenters. The van der Waals surface area contributed by atoms with Gasteiger partial charge in [0, 0.05) is 11.6 Å². The molecule has 5 atom stereocenters. The molecule has 1 amide bonds. The molecule has 0 spiro atoms. The largest absolute Gasteiger partial charge is 0.462 e. The molecule has 2 aliphatic carbocycles. The van der Waals surface area contributed by atoms with E-state index < -0.39 is 0 Å². The predicted molar refractivity (Wildman–Crippen MR) is 78.2 cm³/mol. The molecule has 1 aromatic carbocycles. The van der Waals surface area contributed by atoms with Crippen LogP contribution in [0.2, 0.25) is 10.0 Å². The van der Waals surface area contributed by atoms with Gasteiger partial charge < -0.3 is 10.1 Å². The Morgan fingerprint density at radius 1 is 1.24 bits per heavy atom. The third-order valence-electron chi connectivity index (χ3n) is 4.97. The maximum Gasteiger partial charge on any atom is 0.310 e. The van der Waals surface area contributed by atoms with Crippen LogP contribution in [0.3, 0.4) is 0 Å². The highest BCUT2D eigenvalue weighted by atomic mass is 35.5. The molecular formula is C15H13Cl2NO3. The van der Waals surface area contributed by atoms with E-state index in [0.717, 1.165) is 12.8 Å². The molecule has 1 heterocycles. The van der Waals surface area contributed by atoms with Gasteiger partial charge in [-0.15, -0.1) is 0 Å². The number of fused-ring (bicyclic) bond motifs is 1. The minimum Gasteiger partial charge on any atom is -0.462 e. The molecule has 6 heteroatoms. The van der Waals surface area contributed by atoms with E-state index in [1.165, 1.54) is 0 Å². The van der Waals surface area contributed by atoms with Crippen LogP contribution in [0.1, 0.15) is 12.8 Å². The maximum atomic E-state index is 12.5. The van der Waals surface area contributed by atoms with Crippen LogP contribution in [0, 0.1) is 23.7 Å². The summed E-state index contributed by atoms with van der Waals surface area (Å²) in [6, 6.07) is 4.96. The minimum absolute atomic E-state index is 0.0431. The van der Waals surface area contributed by atoms with Gasteiger partial charge in [-0.2, -0.15) is 0 Å². The van der Waals surface area contributed by atoms with Crippen molar-refractivity contribution in [3.8, 4) is 0 Å². The Hall–Kier alpha value is -1.26.